The monoisotopic (exact) mass is 455 g/mol. The largest absolute Gasteiger partial charge is 0.478 e. The molecule has 0 saturated heterocycles. The zero-order valence-electron chi connectivity index (χ0n) is 17.3. The topological polar surface area (TPSA) is 103 Å². The average molecular weight is 456 g/mol. The Balaban J connectivity index is 1.66. The number of carbonyl (C=O) groups is 2. The number of carboxylic acid groups (broad SMARTS) is 1. The zero-order chi connectivity index (χ0) is 23.4. The maximum absolute atomic E-state index is 12.9. The Morgan fingerprint density at radius 1 is 1.00 bits per heavy atom. The van der Waals surface area contributed by atoms with Crippen molar-refractivity contribution in [2.75, 3.05) is 5.32 Å². The van der Waals surface area contributed by atoms with Crippen LogP contribution in [0.25, 0.3) is 22.2 Å². The van der Waals surface area contributed by atoms with E-state index in [0.29, 0.717) is 39.0 Å². The molecule has 0 aliphatic heterocycles. The van der Waals surface area contributed by atoms with Crippen molar-refractivity contribution < 1.29 is 14.7 Å². The summed E-state index contributed by atoms with van der Waals surface area (Å²) < 4.78 is 0. The normalized spacial score (nSPS) is 11.5. The molecular weight excluding hydrogens is 438 g/mol. The van der Waals surface area contributed by atoms with E-state index in [4.69, 9.17) is 16.9 Å². The van der Waals surface area contributed by atoms with Gasteiger partial charge in [-0.1, -0.05) is 48.5 Å². The van der Waals surface area contributed by atoms with E-state index < -0.39 is 11.3 Å². The van der Waals surface area contributed by atoms with Crippen molar-refractivity contribution in [3.8, 4) is 17.3 Å². The maximum atomic E-state index is 12.9. The van der Waals surface area contributed by atoms with Gasteiger partial charge in [0.2, 0.25) is 0 Å². The Hall–Kier alpha value is -4.21. The number of carboxylic acids is 1. The van der Waals surface area contributed by atoms with Gasteiger partial charge in [-0.15, -0.1) is 11.6 Å². The number of carbonyl (C=O) groups excluding carboxylic acids is 1. The van der Waals surface area contributed by atoms with Gasteiger partial charge in [-0.3, -0.25) is 4.79 Å². The minimum atomic E-state index is -1.04. The first kappa shape index (κ1) is 22.0. The Kier molecular flexibility index (Phi) is 6.34. The molecule has 1 heterocycles. The van der Waals surface area contributed by atoms with Crippen molar-refractivity contribution in [1.82, 2.24) is 4.98 Å². The summed E-state index contributed by atoms with van der Waals surface area (Å²) in [6.45, 7) is 0. The van der Waals surface area contributed by atoms with Crippen LogP contribution < -0.4 is 5.32 Å². The summed E-state index contributed by atoms with van der Waals surface area (Å²) in [5, 5.41) is 21.3. The number of anilines is 1. The lowest BCUT2D eigenvalue weighted by molar-refractivity contribution is 0.0698. The van der Waals surface area contributed by atoms with Gasteiger partial charge in [0.1, 0.15) is 5.38 Å². The second-order valence-corrected chi connectivity index (χ2v) is 7.90. The van der Waals surface area contributed by atoms with Gasteiger partial charge >= 0.3 is 5.97 Å². The smallest absolute Gasteiger partial charge is 0.336 e. The van der Waals surface area contributed by atoms with Crippen LogP contribution in [-0.2, 0) is 6.42 Å². The molecule has 0 fully saturated rings. The summed E-state index contributed by atoms with van der Waals surface area (Å²) in [4.78, 5) is 29.3. The Morgan fingerprint density at radius 3 is 2.55 bits per heavy atom. The van der Waals surface area contributed by atoms with Crippen LogP contribution in [0.2, 0.25) is 0 Å². The molecule has 1 unspecified atom stereocenters. The molecule has 7 heteroatoms. The number of halogens is 1. The van der Waals surface area contributed by atoms with Gasteiger partial charge in [-0.05, 0) is 35.9 Å². The first-order chi connectivity index (χ1) is 16.0. The number of hydrogen-bond acceptors (Lipinski definition) is 4. The van der Waals surface area contributed by atoms with Crippen LogP contribution >= 0.6 is 11.6 Å². The van der Waals surface area contributed by atoms with Crippen LogP contribution in [0.5, 0.6) is 0 Å². The van der Waals surface area contributed by atoms with Crippen molar-refractivity contribution in [2.24, 2.45) is 0 Å². The number of fused-ring (bicyclic) bond motifs is 1. The third kappa shape index (κ3) is 4.84. The van der Waals surface area contributed by atoms with E-state index in [9.17, 15) is 14.7 Å². The van der Waals surface area contributed by atoms with Crippen molar-refractivity contribution in [3.05, 3.63) is 95.6 Å². The Bertz CT molecular complexity index is 1410. The van der Waals surface area contributed by atoms with Gasteiger partial charge in [0, 0.05) is 28.6 Å². The highest BCUT2D eigenvalue weighted by molar-refractivity contribution is 6.22. The fraction of sp³-hybridized carbons (Fsp3) is 0.0769. The molecule has 1 amide bonds. The highest BCUT2D eigenvalue weighted by Crippen LogP contribution is 2.27. The maximum Gasteiger partial charge on any atom is 0.336 e. The third-order valence-corrected chi connectivity index (χ3v) is 5.42. The standard InChI is InChI=1S/C26H18ClN3O3/c27-18(15-28)12-16-6-1-2-9-20(16)25(31)29-19-8-5-7-17(13-19)24-14-22(26(32)33)21-10-3-4-11-23(21)30-24/h1-11,13-14,18H,12H2,(H,29,31)(H,32,33). The minimum absolute atomic E-state index is 0.159. The molecule has 162 valence electrons. The van der Waals surface area contributed by atoms with Gasteiger partial charge < -0.3 is 10.4 Å². The van der Waals surface area contributed by atoms with E-state index in [1.807, 2.05) is 6.07 Å². The number of para-hydroxylation sites is 1. The number of rotatable bonds is 6. The van der Waals surface area contributed by atoms with Crippen LogP contribution in [0.3, 0.4) is 0 Å². The van der Waals surface area contributed by atoms with E-state index in [2.05, 4.69) is 10.3 Å². The highest BCUT2D eigenvalue weighted by atomic mass is 35.5. The van der Waals surface area contributed by atoms with Crippen LogP contribution in [0.4, 0.5) is 5.69 Å². The number of aromatic carboxylic acids is 1. The summed E-state index contributed by atoms with van der Waals surface area (Å²) in [5.74, 6) is -1.37. The SMILES string of the molecule is N#CC(Cl)Cc1ccccc1C(=O)Nc1cccc(-c2cc(C(=O)O)c3ccccc3n2)c1. The predicted molar refractivity (Wildman–Crippen MR) is 127 cm³/mol. The second-order valence-electron chi connectivity index (χ2n) is 7.37. The second kappa shape index (κ2) is 9.51. The summed E-state index contributed by atoms with van der Waals surface area (Å²) >= 11 is 5.96. The first-order valence-electron chi connectivity index (χ1n) is 10.1. The van der Waals surface area contributed by atoms with Crippen LogP contribution in [0, 0.1) is 11.3 Å². The number of amides is 1. The molecule has 6 nitrogen and oxygen atoms in total. The lowest BCUT2D eigenvalue weighted by Gasteiger charge is -2.12. The van der Waals surface area contributed by atoms with Crippen LogP contribution in [0.15, 0.2) is 78.9 Å². The minimum Gasteiger partial charge on any atom is -0.478 e. The fourth-order valence-corrected chi connectivity index (χ4v) is 3.78. The van der Waals surface area contributed by atoms with E-state index >= 15 is 0 Å². The number of aromatic nitrogens is 1. The number of hydrogen-bond donors (Lipinski definition) is 2. The molecule has 4 rings (SSSR count). The number of alkyl halides is 1. The Labute approximate surface area is 195 Å². The summed E-state index contributed by atoms with van der Waals surface area (Å²) in [6, 6.07) is 24.6. The molecule has 0 aliphatic rings. The molecule has 2 N–H and O–H groups in total. The number of benzene rings is 3. The molecule has 33 heavy (non-hydrogen) atoms. The Morgan fingerprint density at radius 2 is 1.76 bits per heavy atom. The number of nitriles is 1. The molecular formula is C26H18ClN3O3. The van der Waals surface area contributed by atoms with Gasteiger partial charge in [-0.2, -0.15) is 5.26 Å². The molecule has 0 spiro atoms. The third-order valence-electron chi connectivity index (χ3n) is 5.16. The van der Waals surface area contributed by atoms with Crippen molar-refractivity contribution in [1.29, 1.82) is 5.26 Å². The molecule has 0 bridgehead atoms. The zero-order valence-corrected chi connectivity index (χ0v) is 18.1. The molecule has 1 atom stereocenters. The summed E-state index contributed by atoms with van der Waals surface area (Å²) in [5.41, 5.74) is 3.52. The fourth-order valence-electron chi connectivity index (χ4n) is 3.61. The van der Waals surface area contributed by atoms with Gasteiger partial charge in [0.05, 0.1) is 22.8 Å². The van der Waals surface area contributed by atoms with Crippen LogP contribution in [-0.4, -0.2) is 27.3 Å². The van der Waals surface area contributed by atoms with Crippen molar-refractivity contribution >= 4 is 40.1 Å². The molecule has 4 aromatic rings. The number of pyridine rings is 1. The summed E-state index contributed by atoms with van der Waals surface area (Å²) in [6.07, 6.45) is 0.251. The molecule has 0 saturated carbocycles. The number of nitrogens with one attached hydrogen (secondary N) is 1. The van der Waals surface area contributed by atoms with E-state index in [0.717, 1.165) is 0 Å². The first-order valence-corrected chi connectivity index (χ1v) is 10.6. The van der Waals surface area contributed by atoms with E-state index in [1.54, 1.807) is 72.8 Å². The van der Waals surface area contributed by atoms with Gasteiger partial charge in [0.15, 0.2) is 0 Å². The quantitative estimate of drug-likeness (QED) is 0.372. The van der Waals surface area contributed by atoms with E-state index in [1.165, 1.54) is 6.07 Å². The average Bonchev–Trinajstić information content (AvgIpc) is 2.83. The predicted octanol–water partition coefficient (Wildman–Crippen LogP) is 5.53. The van der Waals surface area contributed by atoms with E-state index in [-0.39, 0.29) is 17.9 Å². The lowest BCUT2D eigenvalue weighted by Crippen LogP contribution is -2.15. The van der Waals surface area contributed by atoms with Gasteiger partial charge in [-0.25, -0.2) is 9.78 Å². The lowest BCUT2D eigenvalue weighted by atomic mass is 10.0. The highest BCUT2D eigenvalue weighted by Gasteiger charge is 2.16. The number of nitrogens with zero attached hydrogens (tertiary/aromatic N) is 2. The van der Waals surface area contributed by atoms with Crippen molar-refractivity contribution in [3.63, 3.8) is 0 Å². The summed E-state index contributed by atoms with van der Waals surface area (Å²) in [7, 11) is 0. The molecule has 1 aromatic heterocycles. The van der Waals surface area contributed by atoms with Gasteiger partial charge in [0.25, 0.3) is 5.91 Å². The van der Waals surface area contributed by atoms with Crippen LogP contribution in [0.1, 0.15) is 26.3 Å². The molecule has 0 radical (unpaired) electrons. The molecule has 3 aromatic carbocycles. The van der Waals surface area contributed by atoms with Crippen molar-refractivity contribution in [2.45, 2.75) is 11.8 Å². The molecule has 0 aliphatic carbocycles.